The molecule has 2 heterocycles. The topological polar surface area (TPSA) is 84.0 Å². The van der Waals surface area contributed by atoms with E-state index < -0.39 is 0 Å². The van der Waals surface area contributed by atoms with E-state index in [0.29, 0.717) is 41.2 Å². The second kappa shape index (κ2) is 10.6. The molecule has 0 aliphatic carbocycles. The molecular weight excluding hydrogens is 512 g/mol. The lowest BCUT2D eigenvalue weighted by atomic mass is 9.94. The average molecular weight is 539 g/mol. The van der Waals surface area contributed by atoms with E-state index in [0.717, 1.165) is 33.7 Å². The Morgan fingerprint density at radius 2 is 0.974 bits per heavy atom. The molecule has 0 saturated heterocycles. The molecule has 2 aliphatic rings. The van der Waals surface area contributed by atoms with Crippen molar-refractivity contribution in [3.8, 4) is 0 Å². The van der Waals surface area contributed by atoms with Crippen LogP contribution in [-0.4, -0.2) is 71.2 Å². The third-order valence-corrected chi connectivity index (χ3v) is 8.26. The van der Waals surface area contributed by atoms with Crippen molar-refractivity contribution < 1.29 is 23.9 Å². The maximum absolute atomic E-state index is 13.0. The Labute approximate surface area is 229 Å². The van der Waals surface area contributed by atoms with Gasteiger partial charge in [0.1, 0.15) is 0 Å². The minimum Gasteiger partial charge on any atom is -0.380 e. The van der Waals surface area contributed by atoms with Gasteiger partial charge in [-0.3, -0.25) is 29.0 Å². The molecule has 0 fully saturated rings. The number of amides is 4. The number of hydrogen-bond donors (Lipinski definition) is 0. The van der Waals surface area contributed by atoms with Gasteiger partial charge >= 0.3 is 0 Å². The van der Waals surface area contributed by atoms with E-state index in [4.69, 9.17) is 4.74 Å². The third kappa shape index (κ3) is 4.49. The molecule has 0 bridgehead atoms. The van der Waals surface area contributed by atoms with Crippen LogP contribution in [-0.2, 0) is 4.74 Å². The van der Waals surface area contributed by atoms with Crippen LogP contribution in [0.5, 0.6) is 0 Å². The smallest absolute Gasteiger partial charge is 0.261 e. The number of ether oxygens (including phenoxy) is 1. The molecule has 196 valence electrons. The van der Waals surface area contributed by atoms with Gasteiger partial charge in [0.05, 0.1) is 13.2 Å². The Balaban J connectivity index is 0.937. The highest BCUT2D eigenvalue weighted by molar-refractivity contribution is 7.99. The number of nitrogens with zero attached hydrogens (tertiary/aromatic N) is 2. The molecule has 0 saturated carbocycles. The van der Waals surface area contributed by atoms with E-state index in [9.17, 15) is 19.2 Å². The minimum absolute atomic E-state index is 0.197. The highest BCUT2D eigenvalue weighted by atomic mass is 32.2. The summed E-state index contributed by atoms with van der Waals surface area (Å²) in [4.78, 5) is 54.4. The molecular formula is C31H26N2O5S. The molecule has 0 atom stereocenters. The number of imide groups is 2. The van der Waals surface area contributed by atoms with Crippen LogP contribution in [0.3, 0.4) is 0 Å². The fourth-order valence-electron chi connectivity index (χ4n) is 5.35. The van der Waals surface area contributed by atoms with Crippen molar-refractivity contribution in [1.29, 1.82) is 0 Å². The van der Waals surface area contributed by atoms with Crippen LogP contribution in [0.25, 0.3) is 21.5 Å². The highest BCUT2D eigenvalue weighted by Crippen LogP contribution is 2.31. The molecule has 8 heteroatoms. The van der Waals surface area contributed by atoms with Crippen molar-refractivity contribution in [1.82, 2.24) is 9.80 Å². The Morgan fingerprint density at radius 1 is 0.538 bits per heavy atom. The monoisotopic (exact) mass is 538 g/mol. The van der Waals surface area contributed by atoms with Gasteiger partial charge in [-0.2, -0.15) is 11.8 Å². The van der Waals surface area contributed by atoms with Gasteiger partial charge in [0.15, 0.2) is 0 Å². The fraction of sp³-hybridized carbons (Fsp3) is 0.226. The van der Waals surface area contributed by atoms with Crippen molar-refractivity contribution in [2.24, 2.45) is 0 Å². The van der Waals surface area contributed by atoms with Gasteiger partial charge in [-0.1, -0.05) is 48.5 Å². The standard InChI is InChI=1S/C31H26N2O5S/c34-28-22-10-1-6-20-7-2-11-23(26(20)22)29(35)32(28)14-17-38-16-5-18-39-19-15-33-30(36)24-12-3-8-21-9-4-13-25(27(21)24)31(33)37/h1-4,6-13H,5,14-19H2. The third-order valence-electron chi connectivity index (χ3n) is 7.21. The van der Waals surface area contributed by atoms with Crippen LogP contribution in [0.4, 0.5) is 0 Å². The maximum Gasteiger partial charge on any atom is 0.261 e. The Bertz CT molecular complexity index is 1430. The number of hydrogen-bond acceptors (Lipinski definition) is 6. The summed E-state index contributed by atoms with van der Waals surface area (Å²) in [5, 5.41) is 3.25. The number of benzene rings is 4. The van der Waals surface area contributed by atoms with E-state index >= 15 is 0 Å². The average Bonchev–Trinajstić information content (AvgIpc) is 2.96. The number of rotatable bonds is 10. The fourth-order valence-corrected chi connectivity index (χ4v) is 6.18. The molecule has 0 unspecified atom stereocenters. The number of carbonyl (C=O) groups excluding carboxylic acids is 4. The quantitative estimate of drug-likeness (QED) is 0.208. The van der Waals surface area contributed by atoms with Gasteiger partial charge in [-0.05, 0) is 47.2 Å². The largest absolute Gasteiger partial charge is 0.380 e. The summed E-state index contributed by atoms with van der Waals surface area (Å²) in [7, 11) is 0. The van der Waals surface area contributed by atoms with Crippen molar-refractivity contribution in [2.45, 2.75) is 6.42 Å². The zero-order valence-electron chi connectivity index (χ0n) is 21.2. The van der Waals surface area contributed by atoms with E-state index in [1.165, 1.54) is 9.80 Å². The van der Waals surface area contributed by atoms with Crippen LogP contribution < -0.4 is 0 Å². The van der Waals surface area contributed by atoms with E-state index in [-0.39, 0.29) is 36.8 Å². The molecule has 7 nitrogen and oxygen atoms in total. The van der Waals surface area contributed by atoms with E-state index in [1.807, 2.05) is 48.5 Å². The molecule has 4 amide bonds. The minimum atomic E-state index is -0.288. The first-order valence-corrected chi connectivity index (χ1v) is 14.1. The first-order valence-electron chi connectivity index (χ1n) is 13.0. The lowest BCUT2D eigenvalue weighted by molar-refractivity contribution is 0.0522. The molecule has 0 N–H and O–H groups in total. The molecule has 6 rings (SSSR count). The second-order valence-electron chi connectivity index (χ2n) is 9.52. The maximum atomic E-state index is 13.0. The van der Waals surface area contributed by atoms with Crippen molar-refractivity contribution >= 4 is 56.9 Å². The molecule has 4 aromatic rings. The van der Waals surface area contributed by atoms with Gasteiger partial charge in [-0.15, -0.1) is 0 Å². The number of carbonyl (C=O) groups is 4. The summed E-state index contributed by atoms with van der Waals surface area (Å²) in [6.45, 7) is 1.30. The summed E-state index contributed by atoms with van der Waals surface area (Å²) in [5.41, 5.74) is 2.24. The molecule has 2 aliphatic heterocycles. The molecule has 4 aromatic carbocycles. The molecule has 39 heavy (non-hydrogen) atoms. The van der Waals surface area contributed by atoms with Crippen LogP contribution in [0, 0.1) is 0 Å². The molecule has 0 spiro atoms. The summed E-state index contributed by atoms with van der Waals surface area (Å²) in [5.74, 6) is 0.382. The Hall–Kier alpha value is -4.01. The van der Waals surface area contributed by atoms with Crippen LogP contribution in [0.1, 0.15) is 47.9 Å². The SMILES string of the molecule is O=C1c2cccc3cccc(c23)C(=O)N1CCOCCCSCCN1C(=O)c2cccc3cccc(c23)C1=O. The first kappa shape index (κ1) is 25.3. The number of thioether (sulfide) groups is 1. The molecule has 0 aromatic heterocycles. The van der Waals surface area contributed by atoms with Crippen molar-refractivity contribution in [2.75, 3.05) is 37.8 Å². The second-order valence-corrected chi connectivity index (χ2v) is 10.7. The van der Waals surface area contributed by atoms with Gasteiger partial charge in [0.25, 0.3) is 23.6 Å². The molecule has 0 radical (unpaired) electrons. The Morgan fingerprint density at radius 3 is 1.44 bits per heavy atom. The van der Waals surface area contributed by atoms with Crippen molar-refractivity contribution in [3.63, 3.8) is 0 Å². The Kier molecular flexibility index (Phi) is 6.89. The summed E-state index contributed by atoms with van der Waals surface area (Å²) < 4.78 is 5.72. The van der Waals surface area contributed by atoms with Crippen molar-refractivity contribution in [3.05, 3.63) is 95.1 Å². The van der Waals surface area contributed by atoms with Gasteiger partial charge < -0.3 is 4.74 Å². The van der Waals surface area contributed by atoms with Gasteiger partial charge in [-0.25, -0.2) is 0 Å². The predicted octanol–water partition coefficient (Wildman–Crippen LogP) is 5.03. The van der Waals surface area contributed by atoms with Crippen LogP contribution in [0.15, 0.2) is 72.8 Å². The van der Waals surface area contributed by atoms with Gasteiger partial charge in [0, 0.05) is 51.9 Å². The lowest BCUT2D eigenvalue weighted by Crippen LogP contribution is -2.42. The van der Waals surface area contributed by atoms with Crippen LogP contribution in [0.2, 0.25) is 0 Å². The summed E-state index contributed by atoms with van der Waals surface area (Å²) >= 11 is 1.66. The lowest BCUT2D eigenvalue weighted by Gasteiger charge is -2.27. The predicted molar refractivity (Wildman–Crippen MR) is 151 cm³/mol. The first-order chi connectivity index (χ1) is 19.1. The van der Waals surface area contributed by atoms with Crippen LogP contribution >= 0.6 is 11.8 Å². The normalized spacial score (nSPS) is 14.7. The summed E-state index contributed by atoms with van der Waals surface area (Å²) in [6, 6.07) is 22.1. The highest BCUT2D eigenvalue weighted by Gasteiger charge is 2.33. The zero-order chi connectivity index (χ0) is 26.9. The van der Waals surface area contributed by atoms with Gasteiger partial charge in [0.2, 0.25) is 0 Å². The van der Waals surface area contributed by atoms with E-state index in [2.05, 4.69) is 0 Å². The summed E-state index contributed by atoms with van der Waals surface area (Å²) in [6.07, 6.45) is 0.777. The zero-order valence-corrected chi connectivity index (χ0v) is 22.0. The van der Waals surface area contributed by atoms with E-state index in [1.54, 1.807) is 36.0 Å².